The number of allylic oxidation sites excluding steroid dienone is 3. The summed E-state index contributed by atoms with van der Waals surface area (Å²) in [5, 5.41) is 0. The largest absolute Gasteiger partial charge is 0.463 e. The van der Waals surface area contributed by atoms with Gasteiger partial charge < -0.3 is 4.52 Å². The first kappa shape index (κ1) is 20.6. The summed E-state index contributed by atoms with van der Waals surface area (Å²) < 4.78 is 12.2. The molecule has 2 nitrogen and oxygen atoms in total. The van der Waals surface area contributed by atoms with Crippen molar-refractivity contribution >= 4 is 7.28 Å². The summed E-state index contributed by atoms with van der Waals surface area (Å²) >= 11 is 0. The first-order valence-corrected chi connectivity index (χ1v) is 11.5. The molecule has 0 aliphatic heterocycles. The Labute approximate surface area is 144 Å². The van der Waals surface area contributed by atoms with Gasteiger partial charge in [-0.15, -0.1) is 0 Å². The molecule has 0 spiro atoms. The van der Waals surface area contributed by atoms with Crippen LogP contribution in [0.2, 0.25) is 0 Å². The molecule has 23 heavy (non-hydrogen) atoms. The minimum absolute atomic E-state index is 0.405. The maximum atomic E-state index is 6.79. The molecule has 1 aliphatic rings. The molecule has 3 heteroatoms. The highest BCUT2D eigenvalue weighted by Gasteiger charge is 2.36. The Balaban J connectivity index is 3.24. The Kier molecular flexibility index (Phi) is 9.29. The summed E-state index contributed by atoms with van der Waals surface area (Å²) in [6.45, 7) is 13.9. The molecule has 1 aliphatic carbocycles. The highest BCUT2D eigenvalue weighted by atomic mass is 31.2. The lowest BCUT2D eigenvalue weighted by molar-refractivity contribution is 0.427. The molecule has 0 heterocycles. The van der Waals surface area contributed by atoms with Crippen LogP contribution >= 0.6 is 7.28 Å². The standard InChI is InChI=1S/C20H38NOP/c1-7-12-17(4)21-23(18(5)13-8-2,19(6)14-9-3)22-20-15-10-11-16-20/h10-11,15,17-19H,7-9,12-14,16H2,1-6H3. The first-order valence-electron chi connectivity index (χ1n) is 9.66. The van der Waals surface area contributed by atoms with Crippen LogP contribution in [-0.4, -0.2) is 17.4 Å². The summed E-state index contributed by atoms with van der Waals surface area (Å²) in [4.78, 5) is 0. The maximum Gasteiger partial charge on any atom is 0.139 e. The summed E-state index contributed by atoms with van der Waals surface area (Å²) in [5.74, 6) is 1.14. The summed E-state index contributed by atoms with van der Waals surface area (Å²) in [6.07, 6.45) is 14.6. The molecular formula is C20H38NOP. The molecule has 0 bridgehead atoms. The van der Waals surface area contributed by atoms with E-state index in [2.05, 4.69) is 59.8 Å². The van der Waals surface area contributed by atoms with Gasteiger partial charge >= 0.3 is 0 Å². The van der Waals surface area contributed by atoms with Gasteiger partial charge in [-0.3, -0.25) is 4.74 Å². The van der Waals surface area contributed by atoms with Crippen LogP contribution in [0.25, 0.3) is 0 Å². The Morgan fingerprint density at radius 1 is 1.00 bits per heavy atom. The van der Waals surface area contributed by atoms with Gasteiger partial charge in [0.15, 0.2) is 0 Å². The number of nitrogens with zero attached hydrogens (tertiary/aromatic N) is 1. The molecular weight excluding hydrogens is 301 g/mol. The molecule has 3 unspecified atom stereocenters. The second-order valence-corrected chi connectivity index (χ2v) is 10.6. The molecule has 0 radical (unpaired) electrons. The minimum atomic E-state index is -1.83. The van der Waals surface area contributed by atoms with E-state index in [0.29, 0.717) is 17.4 Å². The third-order valence-electron chi connectivity index (χ3n) is 4.76. The van der Waals surface area contributed by atoms with Crippen molar-refractivity contribution in [2.75, 3.05) is 0 Å². The lowest BCUT2D eigenvalue weighted by atomic mass is 10.2. The van der Waals surface area contributed by atoms with Crippen LogP contribution in [0.3, 0.4) is 0 Å². The first-order chi connectivity index (χ1) is 11.0. The molecule has 0 saturated heterocycles. The zero-order chi connectivity index (χ0) is 17.3. The van der Waals surface area contributed by atoms with Crippen molar-refractivity contribution in [1.82, 2.24) is 0 Å². The predicted molar refractivity (Wildman–Crippen MR) is 105 cm³/mol. The van der Waals surface area contributed by atoms with Gasteiger partial charge in [0.2, 0.25) is 0 Å². The third kappa shape index (κ3) is 5.82. The van der Waals surface area contributed by atoms with Crippen molar-refractivity contribution in [1.29, 1.82) is 0 Å². The van der Waals surface area contributed by atoms with E-state index in [1.807, 2.05) is 0 Å². The summed E-state index contributed by atoms with van der Waals surface area (Å²) in [6, 6.07) is 0.405. The third-order valence-corrected chi connectivity index (χ3v) is 9.09. The summed E-state index contributed by atoms with van der Waals surface area (Å²) in [5.41, 5.74) is 1.10. The molecule has 0 saturated carbocycles. The molecule has 0 aromatic rings. The topological polar surface area (TPSA) is 21.6 Å². The van der Waals surface area contributed by atoms with Crippen molar-refractivity contribution in [3.8, 4) is 0 Å². The van der Waals surface area contributed by atoms with E-state index in [4.69, 9.17) is 9.27 Å². The van der Waals surface area contributed by atoms with E-state index in [0.717, 1.165) is 12.2 Å². The fourth-order valence-corrected chi connectivity index (χ4v) is 7.77. The minimum Gasteiger partial charge on any atom is -0.463 e. The van der Waals surface area contributed by atoms with Crippen LogP contribution in [0.5, 0.6) is 0 Å². The molecule has 0 aromatic heterocycles. The van der Waals surface area contributed by atoms with Gasteiger partial charge in [0.1, 0.15) is 13.0 Å². The van der Waals surface area contributed by atoms with E-state index in [-0.39, 0.29) is 0 Å². The lowest BCUT2D eigenvalue weighted by Crippen LogP contribution is -2.18. The average molecular weight is 340 g/mol. The fraction of sp³-hybridized carbons (Fsp3) is 0.800. The second-order valence-electron chi connectivity index (χ2n) is 7.06. The quantitative estimate of drug-likeness (QED) is 0.356. The average Bonchev–Trinajstić information content (AvgIpc) is 3.00. The van der Waals surface area contributed by atoms with Crippen molar-refractivity contribution in [3.63, 3.8) is 0 Å². The number of rotatable bonds is 11. The van der Waals surface area contributed by atoms with Gasteiger partial charge in [-0.05, 0) is 32.3 Å². The Bertz CT molecular complexity index is 437. The van der Waals surface area contributed by atoms with Crippen LogP contribution in [-0.2, 0) is 4.52 Å². The molecule has 0 aromatic carbocycles. The van der Waals surface area contributed by atoms with Gasteiger partial charge in [-0.2, -0.15) is 0 Å². The normalized spacial score (nSPS) is 20.5. The molecule has 3 atom stereocenters. The Hall–Kier alpha value is -0.490. The van der Waals surface area contributed by atoms with E-state index >= 15 is 0 Å². The van der Waals surface area contributed by atoms with Crippen LogP contribution < -0.4 is 0 Å². The highest BCUT2D eigenvalue weighted by Crippen LogP contribution is 2.64. The van der Waals surface area contributed by atoms with Crippen LogP contribution in [0.1, 0.15) is 86.5 Å². The Morgan fingerprint density at radius 3 is 2.00 bits per heavy atom. The highest BCUT2D eigenvalue weighted by molar-refractivity contribution is 7.63. The van der Waals surface area contributed by atoms with E-state index in [9.17, 15) is 0 Å². The molecule has 0 amide bonds. The smallest absolute Gasteiger partial charge is 0.139 e. The molecule has 0 N–H and O–H groups in total. The van der Waals surface area contributed by atoms with Crippen molar-refractivity contribution < 1.29 is 4.52 Å². The van der Waals surface area contributed by atoms with Crippen LogP contribution in [0, 0.1) is 0 Å². The molecule has 134 valence electrons. The molecule has 0 fully saturated rings. The SMILES string of the molecule is CCCC(C)N=P(OC1=CC=CC1)(C(C)CCC)C(C)CCC. The summed E-state index contributed by atoms with van der Waals surface area (Å²) in [7, 11) is -1.83. The van der Waals surface area contributed by atoms with E-state index in [1.165, 1.54) is 38.5 Å². The van der Waals surface area contributed by atoms with Gasteiger partial charge in [0.25, 0.3) is 0 Å². The maximum absolute atomic E-state index is 6.79. The lowest BCUT2D eigenvalue weighted by Gasteiger charge is -2.37. The van der Waals surface area contributed by atoms with E-state index < -0.39 is 7.28 Å². The van der Waals surface area contributed by atoms with E-state index in [1.54, 1.807) is 0 Å². The van der Waals surface area contributed by atoms with Gasteiger partial charge in [-0.1, -0.05) is 66.0 Å². The van der Waals surface area contributed by atoms with Crippen molar-refractivity contribution in [2.45, 2.75) is 104 Å². The van der Waals surface area contributed by atoms with Crippen LogP contribution in [0.4, 0.5) is 0 Å². The van der Waals surface area contributed by atoms with Gasteiger partial charge in [0.05, 0.1) is 0 Å². The monoisotopic (exact) mass is 339 g/mol. The van der Waals surface area contributed by atoms with Crippen LogP contribution in [0.15, 0.2) is 28.7 Å². The van der Waals surface area contributed by atoms with Crippen molar-refractivity contribution in [2.24, 2.45) is 4.74 Å². The number of hydrogen-bond donors (Lipinski definition) is 0. The van der Waals surface area contributed by atoms with Gasteiger partial charge in [0, 0.05) is 23.8 Å². The second kappa shape index (κ2) is 10.4. The Morgan fingerprint density at radius 2 is 1.57 bits per heavy atom. The zero-order valence-corrected chi connectivity index (χ0v) is 17.1. The van der Waals surface area contributed by atoms with Gasteiger partial charge in [-0.25, -0.2) is 0 Å². The molecule has 1 rings (SSSR count). The number of hydrogen-bond acceptors (Lipinski definition) is 2. The predicted octanol–water partition coefficient (Wildman–Crippen LogP) is 7.53. The van der Waals surface area contributed by atoms with Crippen molar-refractivity contribution in [3.05, 3.63) is 24.0 Å². The zero-order valence-electron chi connectivity index (χ0n) is 16.2. The fourth-order valence-electron chi connectivity index (χ4n) is 3.54.